The molecule has 9 heteroatoms. The Kier molecular flexibility index (Phi) is 5.04. The summed E-state index contributed by atoms with van der Waals surface area (Å²) in [6.45, 7) is 1.22. The molecule has 1 aromatic heterocycles. The van der Waals surface area contributed by atoms with E-state index in [9.17, 15) is 18.4 Å². The Bertz CT molecular complexity index is 537. The van der Waals surface area contributed by atoms with E-state index in [1.165, 1.54) is 6.92 Å². The second-order valence-corrected chi connectivity index (χ2v) is 5.36. The molecule has 0 spiro atoms. The number of halogens is 2. The molecule has 0 aliphatic heterocycles. The molecular weight excluding hydrogens is 298 g/mol. The Morgan fingerprint density at radius 1 is 1.32 bits per heavy atom. The third kappa shape index (κ3) is 4.74. The average molecular weight is 316 g/mol. The molecule has 0 bridgehead atoms. The van der Waals surface area contributed by atoms with Crippen LogP contribution in [0.4, 0.5) is 8.78 Å². The number of carbonyl (C=O) groups excluding carboxylic acids is 2. The Morgan fingerprint density at radius 3 is 2.64 bits per heavy atom. The molecule has 2 rings (SSSR count). The molecule has 0 aromatic carbocycles. The number of hydrogen-bond acceptors (Lipinski definition) is 5. The van der Waals surface area contributed by atoms with Crippen LogP contribution in [0.1, 0.15) is 50.2 Å². The lowest BCUT2D eigenvalue weighted by Gasteiger charge is -2.26. The van der Waals surface area contributed by atoms with Crippen LogP contribution in [-0.2, 0) is 16.1 Å². The molecule has 122 valence electrons. The zero-order valence-electron chi connectivity index (χ0n) is 12.2. The van der Waals surface area contributed by atoms with Crippen molar-refractivity contribution >= 4 is 11.8 Å². The van der Waals surface area contributed by atoms with E-state index in [2.05, 4.69) is 20.8 Å². The molecule has 2 N–H and O–H groups in total. The van der Waals surface area contributed by atoms with Crippen LogP contribution in [0.25, 0.3) is 0 Å². The summed E-state index contributed by atoms with van der Waals surface area (Å²) in [5.41, 5.74) is 0. The lowest BCUT2D eigenvalue weighted by molar-refractivity contribution is -0.125. The van der Waals surface area contributed by atoms with Gasteiger partial charge in [-0.15, -0.1) is 0 Å². The van der Waals surface area contributed by atoms with Gasteiger partial charge in [0.05, 0.1) is 13.1 Å². The SMILES string of the molecule is CC(=O)NCC(=O)NCc1nc(C2CCC(F)(F)CC2)no1. The molecule has 0 atom stereocenters. The van der Waals surface area contributed by atoms with Gasteiger partial charge in [-0.05, 0) is 12.8 Å². The van der Waals surface area contributed by atoms with Crippen molar-refractivity contribution in [2.24, 2.45) is 0 Å². The van der Waals surface area contributed by atoms with E-state index in [-0.39, 0.29) is 49.6 Å². The maximum atomic E-state index is 13.1. The van der Waals surface area contributed by atoms with Crippen molar-refractivity contribution in [3.05, 3.63) is 11.7 Å². The number of alkyl halides is 2. The number of aromatic nitrogens is 2. The summed E-state index contributed by atoms with van der Waals surface area (Å²) >= 11 is 0. The normalized spacial score (nSPS) is 18.0. The zero-order chi connectivity index (χ0) is 16.2. The van der Waals surface area contributed by atoms with E-state index < -0.39 is 5.92 Å². The van der Waals surface area contributed by atoms with Crippen molar-refractivity contribution in [3.63, 3.8) is 0 Å². The number of carbonyl (C=O) groups is 2. The van der Waals surface area contributed by atoms with Gasteiger partial charge in [-0.3, -0.25) is 9.59 Å². The van der Waals surface area contributed by atoms with Crippen LogP contribution in [0.2, 0.25) is 0 Å². The topological polar surface area (TPSA) is 97.1 Å². The highest BCUT2D eigenvalue weighted by Crippen LogP contribution is 2.39. The van der Waals surface area contributed by atoms with Crippen LogP contribution in [0.3, 0.4) is 0 Å². The van der Waals surface area contributed by atoms with E-state index in [0.29, 0.717) is 18.7 Å². The van der Waals surface area contributed by atoms with Crippen LogP contribution in [0.15, 0.2) is 4.52 Å². The molecule has 2 amide bonds. The molecule has 0 unspecified atom stereocenters. The number of hydrogen-bond donors (Lipinski definition) is 2. The van der Waals surface area contributed by atoms with E-state index in [1.807, 2.05) is 0 Å². The summed E-state index contributed by atoms with van der Waals surface area (Å²) in [7, 11) is 0. The number of nitrogens with zero attached hydrogens (tertiary/aromatic N) is 2. The van der Waals surface area contributed by atoms with Crippen molar-refractivity contribution < 1.29 is 22.9 Å². The van der Waals surface area contributed by atoms with Gasteiger partial charge in [0.1, 0.15) is 0 Å². The highest BCUT2D eigenvalue weighted by molar-refractivity contribution is 5.83. The molecule has 1 aromatic rings. The fraction of sp³-hybridized carbons (Fsp3) is 0.692. The molecule has 22 heavy (non-hydrogen) atoms. The summed E-state index contributed by atoms with van der Waals surface area (Å²) in [6, 6.07) is 0. The molecule has 7 nitrogen and oxygen atoms in total. The summed E-state index contributed by atoms with van der Waals surface area (Å²) in [6.07, 6.45) is 0.297. The lowest BCUT2D eigenvalue weighted by atomic mass is 9.86. The van der Waals surface area contributed by atoms with Gasteiger partial charge in [-0.2, -0.15) is 4.98 Å². The highest BCUT2D eigenvalue weighted by Gasteiger charge is 2.36. The Hall–Kier alpha value is -2.06. The minimum absolute atomic E-state index is 0.0360. The summed E-state index contributed by atoms with van der Waals surface area (Å²) < 4.78 is 31.2. The Morgan fingerprint density at radius 2 is 2.00 bits per heavy atom. The van der Waals surface area contributed by atoms with Crippen LogP contribution in [0, 0.1) is 0 Å². The Labute approximate surface area is 125 Å². The summed E-state index contributed by atoms with van der Waals surface area (Å²) in [5.74, 6) is -2.80. The molecule has 1 fully saturated rings. The number of amides is 2. The van der Waals surface area contributed by atoms with E-state index in [0.717, 1.165) is 0 Å². The van der Waals surface area contributed by atoms with Gasteiger partial charge in [-0.25, -0.2) is 8.78 Å². The van der Waals surface area contributed by atoms with Crippen LogP contribution < -0.4 is 10.6 Å². The average Bonchev–Trinajstić information content (AvgIpc) is 2.91. The first kappa shape index (κ1) is 16.3. The predicted octanol–water partition coefficient (Wildman–Crippen LogP) is 1.11. The maximum Gasteiger partial charge on any atom is 0.248 e. The minimum atomic E-state index is -2.60. The maximum absolute atomic E-state index is 13.1. The van der Waals surface area contributed by atoms with Gasteiger partial charge < -0.3 is 15.2 Å². The van der Waals surface area contributed by atoms with Crippen LogP contribution in [-0.4, -0.2) is 34.4 Å². The fourth-order valence-electron chi connectivity index (χ4n) is 2.25. The molecule has 0 saturated heterocycles. The van der Waals surface area contributed by atoms with Crippen LogP contribution in [0.5, 0.6) is 0 Å². The first-order chi connectivity index (χ1) is 10.4. The van der Waals surface area contributed by atoms with Crippen molar-refractivity contribution in [3.8, 4) is 0 Å². The summed E-state index contributed by atoms with van der Waals surface area (Å²) in [5, 5.41) is 8.66. The second-order valence-electron chi connectivity index (χ2n) is 5.36. The minimum Gasteiger partial charge on any atom is -0.347 e. The van der Waals surface area contributed by atoms with E-state index in [1.54, 1.807) is 0 Å². The fourth-order valence-corrected chi connectivity index (χ4v) is 2.25. The summed E-state index contributed by atoms with van der Waals surface area (Å²) in [4.78, 5) is 26.2. The quantitative estimate of drug-likeness (QED) is 0.848. The molecule has 1 heterocycles. The van der Waals surface area contributed by atoms with Gasteiger partial charge in [0, 0.05) is 25.7 Å². The third-order valence-corrected chi connectivity index (χ3v) is 3.50. The van der Waals surface area contributed by atoms with E-state index in [4.69, 9.17) is 4.52 Å². The first-order valence-electron chi connectivity index (χ1n) is 7.07. The van der Waals surface area contributed by atoms with Crippen LogP contribution >= 0.6 is 0 Å². The van der Waals surface area contributed by atoms with Gasteiger partial charge in [0.15, 0.2) is 5.82 Å². The molecule has 1 saturated carbocycles. The monoisotopic (exact) mass is 316 g/mol. The predicted molar refractivity (Wildman–Crippen MR) is 71.0 cm³/mol. The molecule has 0 radical (unpaired) electrons. The standard InChI is InChI=1S/C13H18F2N4O3/c1-8(20)16-6-10(21)17-7-11-18-12(19-22-11)9-2-4-13(14,15)5-3-9/h9H,2-7H2,1H3,(H,16,20)(H,17,21). The highest BCUT2D eigenvalue weighted by atomic mass is 19.3. The van der Waals surface area contributed by atoms with Gasteiger partial charge in [0.2, 0.25) is 23.6 Å². The number of rotatable bonds is 5. The van der Waals surface area contributed by atoms with Gasteiger partial charge >= 0.3 is 0 Å². The second kappa shape index (κ2) is 6.80. The molecular formula is C13H18F2N4O3. The third-order valence-electron chi connectivity index (χ3n) is 3.50. The lowest BCUT2D eigenvalue weighted by Crippen LogP contribution is -2.35. The van der Waals surface area contributed by atoms with Crippen molar-refractivity contribution in [1.29, 1.82) is 0 Å². The van der Waals surface area contributed by atoms with Crippen molar-refractivity contribution in [2.75, 3.05) is 6.54 Å². The Balaban J connectivity index is 1.79. The van der Waals surface area contributed by atoms with Gasteiger partial charge in [-0.1, -0.05) is 5.16 Å². The zero-order valence-corrected chi connectivity index (χ0v) is 12.2. The van der Waals surface area contributed by atoms with E-state index >= 15 is 0 Å². The number of nitrogens with one attached hydrogen (secondary N) is 2. The van der Waals surface area contributed by atoms with Crippen molar-refractivity contribution in [1.82, 2.24) is 20.8 Å². The molecule has 1 aliphatic rings. The smallest absolute Gasteiger partial charge is 0.248 e. The van der Waals surface area contributed by atoms with Gasteiger partial charge in [0.25, 0.3) is 0 Å². The molecule has 1 aliphatic carbocycles. The largest absolute Gasteiger partial charge is 0.347 e. The van der Waals surface area contributed by atoms with Crippen molar-refractivity contribution in [2.45, 2.75) is 51.0 Å². The first-order valence-corrected chi connectivity index (χ1v) is 7.07.